The minimum Gasteiger partial charge on any atom is -0.324 e. The lowest BCUT2D eigenvalue weighted by Gasteiger charge is -2.18. The third kappa shape index (κ3) is 5.44. The summed E-state index contributed by atoms with van der Waals surface area (Å²) in [5.41, 5.74) is 2.00. The molecule has 3 rings (SSSR count). The number of rotatable bonds is 6. The summed E-state index contributed by atoms with van der Waals surface area (Å²) in [7, 11) is 0. The molecule has 1 aliphatic rings. The van der Waals surface area contributed by atoms with Crippen LogP contribution in [-0.2, 0) is 9.59 Å². The minimum absolute atomic E-state index is 0.0423. The number of amides is 2. The Morgan fingerprint density at radius 3 is 2.55 bits per heavy atom. The topological polar surface area (TPSA) is 61.8 Å². The number of amidine groups is 1. The predicted molar refractivity (Wildman–Crippen MR) is 116 cm³/mol. The highest BCUT2D eigenvalue weighted by Crippen LogP contribution is 2.32. The Bertz CT molecular complexity index is 928. The monoisotopic (exact) mass is 413 g/mol. The lowest BCUT2D eigenvalue weighted by molar-refractivity contribution is -0.128. The van der Waals surface area contributed by atoms with E-state index in [1.54, 1.807) is 17.0 Å². The van der Waals surface area contributed by atoms with Crippen LogP contribution in [0.3, 0.4) is 0 Å². The van der Waals surface area contributed by atoms with Crippen LogP contribution in [0.15, 0.2) is 53.5 Å². The van der Waals surface area contributed by atoms with Crippen molar-refractivity contribution >= 4 is 40.1 Å². The number of carbonyl (C=O) groups excluding carboxylic acids is 2. The molecule has 1 atom stereocenters. The van der Waals surface area contributed by atoms with Gasteiger partial charge < -0.3 is 5.32 Å². The Morgan fingerprint density at radius 2 is 1.90 bits per heavy atom. The number of nitrogens with zero attached hydrogens (tertiary/aromatic N) is 2. The Kier molecular flexibility index (Phi) is 6.69. The van der Waals surface area contributed by atoms with Gasteiger partial charge in [-0.1, -0.05) is 55.4 Å². The quantitative estimate of drug-likeness (QED) is 0.743. The summed E-state index contributed by atoms with van der Waals surface area (Å²) < 4.78 is 13.8. The summed E-state index contributed by atoms with van der Waals surface area (Å²) in [6.45, 7) is 6.58. The summed E-state index contributed by atoms with van der Waals surface area (Å²) in [6.07, 6.45) is -0.0423. The maximum absolute atomic E-state index is 13.8. The largest absolute Gasteiger partial charge is 0.324 e. The summed E-state index contributed by atoms with van der Waals surface area (Å²) in [4.78, 5) is 31.6. The number of halogens is 1. The fourth-order valence-corrected chi connectivity index (χ4v) is 4.09. The number of thioether (sulfide) groups is 1. The van der Waals surface area contributed by atoms with Gasteiger partial charge in [-0.05, 0) is 37.1 Å². The second kappa shape index (κ2) is 9.22. The van der Waals surface area contributed by atoms with Gasteiger partial charge in [0.2, 0.25) is 11.8 Å². The maximum Gasteiger partial charge on any atom is 0.242 e. The molecule has 1 saturated heterocycles. The number of anilines is 1. The number of carbonyl (C=O) groups is 2. The maximum atomic E-state index is 13.8. The fourth-order valence-electron chi connectivity index (χ4n) is 2.92. The molecule has 2 amide bonds. The molecule has 5 nitrogen and oxygen atoms in total. The molecule has 0 spiro atoms. The molecule has 1 aliphatic heterocycles. The van der Waals surface area contributed by atoms with Crippen molar-refractivity contribution in [3.63, 3.8) is 0 Å². The Morgan fingerprint density at radius 1 is 1.21 bits per heavy atom. The number of nitrogens with one attached hydrogen (secondary N) is 1. The normalized spacial score (nSPS) is 18.0. The zero-order valence-electron chi connectivity index (χ0n) is 16.7. The molecule has 1 fully saturated rings. The van der Waals surface area contributed by atoms with Crippen molar-refractivity contribution in [1.82, 2.24) is 4.90 Å². The second-order valence-electron chi connectivity index (χ2n) is 7.41. The molecule has 0 saturated carbocycles. The third-order valence-corrected chi connectivity index (χ3v) is 5.52. The zero-order valence-corrected chi connectivity index (χ0v) is 17.5. The van der Waals surface area contributed by atoms with Crippen LogP contribution in [0.25, 0.3) is 0 Å². The highest BCUT2D eigenvalue weighted by Gasteiger charge is 2.39. The molecule has 1 N–H and O–H groups in total. The summed E-state index contributed by atoms with van der Waals surface area (Å²) in [6, 6.07) is 13.7. The molecular formula is C22H24FN3O2S. The van der Waals surface area contributed by atoms with Crippen molar-refractivity contribution in [3.05, 3.63) is 59.9 Å². The molecule has 2 aromatic carbocycles. The second-order valence-corrected chi connectivity index (χ2v) is 8.58. The van der Waals surface area contributed by atoms with Gasteiger partial charge in [0, 0.05) is 13.0 Å². The van der Waals surface area contributed by atoms with Gasteiger partial charge in [0.25, 0.3) is 0 Å². The van der Waals surface area contributed by atoms with Gasteiger partial charge in [-0.2, -0.15) is 0 Å². The summed E-state index contributed by atoms with van der Waals surface area (Å²) in [5.74, 6) is -0.789. The number of aryl methyl sites for hydroxylation is 1. The molecule has 1 heterocycles. The van der Waals surface area contributed by atoms with Crippen LogP contribution in [0.4, 0.5) is 15.8 Å². The molecule has 0 aromatic heterocycles. The summed E-state index contributed by atoms with van der Waals surface area (Å²) in [5, 5.41) is 2.56. The van der Waals surface area contributed by atoms with Crippen molar-refractivity contribution in [2.45, 2.75) is 32.4 Å². The van der Waals surface area contributed by atoms with Crippen LogP contribution in [0, 0.1) is 18.7 Å². The van der Waals surface area contributed by atoms with Gasteiger partial charge in [0.05, 0.1) is 11.4 Å². The average molecular weight is 414 g/mol. The van der Waals surface area contributed by atoms with Crippen molar-refractivity contribution in [2.24, 2.45) is 10.9 Å². The first-order valence-electron chi connectivity index (χ1n) is 9.51. The molecule has 152 valence electrons. The van der Waals surface area contributed by atoms with Gasteiger partial charge in [0.15, 0.2) is 5.17 Å². The highest BCUT2D eigenvalue weighted by atomic mass is 32.2. The van der Waals surface area contributed by atoms with E-state index >= 15 is 0 Å². The lowest BCUT2D eigenvalue weighted by atomic mass is 10.2. The Balaban J connectivity index is 1.76. The van der Waals surface area contributed by atoms with Crippen LogP contribution in [0.2, 0.25) is 0 Å². The van der Waals surface area contributed by atoms with E-state index in [9.17, 15) is 14.0 Å². The van der Waals surface area contributed by atoms with Crippen LogP contribution >= 0.6 is 11.8 Å². The minimum atomic E-state index is -0.579. The number of benzene rings is 2. The Hall–Kier alpha value is -2.67. The van der Waals surface area contributed by atoms with E-state index in [2.05, 4.69) is 10.3 Å². The van der Waals surface area contributed by atoms with Crippen LogP contribution in [-0.4, -0.2) is 33.7 Å². The van der Waals surface area contributed by atoms with Crippen molar-refractivity contribution in [3.8, 4) is 0 Å². The van der Waals surface area contributed by atoms with E-state index in [1.165, 1.54) is 23.9 Å². The first kappa shape index (κ1) is 21.0. The summed E-state index contributed by atoms with van der Waals surface area (Å²) >= 11 is 1.28. The van der Waals surface area contributed by atoms with Crippen molar-refractivity contribution in [1.29, 1.82) is 0 Å². The van der Waals surface area contributed by atoms with Crippen molar-refractivity contribution < 1.29 is 14.0 Å². The van der Waals surface area contributed by atoms with Gasteiger partial charge in [-0.3, -0.25) is 14.5 Å². The molecule has 0 bridgehead atoms. The molecule has 2 aromatic rings. The first-order valence-corrected chi connectivity index (χ1v) is 10.4. The number of aliphatic imine (C=N–C) groups is 1. The number of hydrogen-bond donors (Lipinski definition) is 1. The zero-order chi connectivity index (χ0) is 21.0. The van der Waals surface area contributed by atoms with E-state index in [4.69, 9.17) is 0 Å². The molecular weight excluding hydrogens is 389 g/mol. The standard InChI is InChI=1S/C22H24FN3O2S/c1-14(2)13-26-21(28)19(12-20(27)25-18-7-5-4-6-17(18)23)29-22(26)24-16-10-8-15(3)9-11-16/h4-11,14,19H,12-13H2,1-3H3,(H,25,27)/t19-/m1/s1. The van der Waals surface area contributed by atoms with Gasteiger partial charge in [0.1, 0.15) is 11.1 Å². The van der Waals surface area contributed by atoms with E-state index < -0.39 is 17.0 Å². The highest BCUT2D eigenvalue weighted by molar-refractivity contribution is 8.15. The van der Waals surface area contributed by atoms with Gasteiger partial charge >= 0.3 is 0 Å². The molecule has 7 heteroatoms. The van der Waals surface area contributed by atoms with Crippen molar-refractivity contribution in [2.75, 3.05) is 11.9 Å². The van der Waals surface area contributed by atoms with E-state index in [0.717, 1.165) is 11.3 Å². The number of para-hydroxylation sites is 1. The third-order valence-electron chi connectivity index (χ3n) is 4.35. The van der Waals surface area contributed by atoms with Crippen LogP contribution in [0.5, 0.6) is 0 Å². The molecule has 0 unspecified atom stereocenters. The van der Waals surface area contributed by atoms with E-state index in [0.29, 0.717) is 11.7 Å². The smallest absolute Gasteiger partial charge is 0.242 e. The average Bonchev–Trinajstić information content (AvgIpc) is 2.94. The van der Waals surface area contributed by atoms with Gasteiger partial charge in [-0.15, -0.1) is 0 Å². The van der Waals surface area contributed by atoms with E-state index in [1.807, 2.05) is 45.0 Å². The van der Waals surface area contributed by atoms with Crippen LogP contribution < -0.4 is 5.32 Å². The molecule has 0 radical (unpaired) electrons. The lowest BCUT2D eigenvalue weighted by Crippen LogP contribution is -2.36. The van der Waals surface area contributed by atoms with E-state index in [-0.39, 0.29) is 23.9 Å². The molecule has 0 aliphatic carbocycles. The van der Waals surface area contributed by atoms with Crippen LogP contribution in [0.1, 0.15) is 25.8 Å². The SMILES string of the molecule is Cc1ccc(N=C2S[C@H](CC(=O)Nc3ccccc3F)C(=O)N2CC(C)C)cc1. The van der Waals surface area contributed by atoms with Gasteiger partial charge in [-0.25, -0.2) is 9.38 Å². The number of hydrogen-bond acceptors (Lipinski definition) is 4. The Labute approximate surface area is 174 Å². The fraction of sp³-hybridized carbons (Fsp3) is 0.318. The molecule has 29 heavy (non-hydrogen) atoms. The predicted octanol–water partition coefficient (Wildman–Crippen LogP) is 4.75. The first-order chi connectivity index (χ1) is 13.8.